The van der Waals surface area contributed by atoms with Gasteiger partial charge in [-0.15, -0.1) is 0 Å². The summed E-state index contributed by atoms with van der Waals surface area (Å²) in [6.07, 6.45) is 10.2. The largest absolute Gasteiger partial charge is 0.359 e. The molecule has 2 aromatic rings. The Balaban J connectivity index is 1.37. The minimum absolute atomic E-state index is 0.0148. The number of fused-ring (bicyclic) bond motifs is 1. The zero-order chi connectivity index (χ0) is 25.2. The molecule has 36 heavy (non-hydrogen) atoms. The molecule has 5 rings (SSSR count). The summed E-state index contributed by atoms with van der Waals surface area (Å²) in [6, 6.07) is 4.02. The van der Waals surface area contributed by atoms with Gasteiger partial charge in [-0.3, -0.25) is 9.59 Å². The van der Waals surface area contributed by atoms with Gasteiger partial charge in [0.2, 0.25) is 5.91 Å². The van der Waals surface area contributed by atoms with Crippen LogP contribution in [0.5, 0.6) is 0 Å². The number of carbonyl (C=O) groups excluding carboxylic acids is 2. The van der Waals surface area contributed by atoms with Crippen LogP contribution in [0.15, 0.2) is 35.5 Å². The number of anilines is 1. The Morgan fingerprint density at radius 3 is 2.58 bits per heavy atom. The monoisotopic (exact) mass is 498 g/mol. The normalized spacial score (nSPS) is 25.9. The zero-order valence-corrected chi connectivity index (χ0v) is 20.7. The van der Waals surface area contributed by atoms with E-state index in [1.165, 1.54) is 18.2 Å². The predicted octanol–water partition coefficient (Wildman–Crippen LogP) is 5.21. The summed E-state index contributed by atoms with van der Waals surface area (Å²) < 4.78 is 27.1. The van der Waals surface area contributed by atoms with E-state index in [1.54, 1.807) is 23.1 Å². The highest BCUT2D eigenvalue weighted by Gasteiger charge is 2.42. The maximum Gasteiger partial charge on any atom is 0.251 e. The predicted molar refractivity (Wildman–Crippen MR) is 137 cm³/mol. The summed E-state index contributed by atoms with van der Waals surface area (Å²) in [5.74, 6) is -0.644. The number of halogens is 2. The quantitative estimate of drug-likeness (QED) is 0.494. The van der Waals surface area contributed by atoms with Gasteiger partial charge in [0.05, 0.1) is 0 Å². The molecule has 1 unspecified atom stereocenters. The zero-order valence-electron chi connectivity index (χ0n) is 20.7. The average Bonchev–Trinajstić information content (AvgIpc) is 3.52. The van der Waals surface area contributed by atoms with Crippen LogP contribution in [0.4, 0.5) is 14.5 Å². The molecule has 8 heteroatoms. The summed E-state index contributed by atoms with van der Waals surface area (Å²) in [5, 5.41) is 3.39. The van der Waals surface area contributed by atoms with E-state index in [-0.39, 0.29) is 29.5 Å². The van der Waals surface area contributed by atoms with Crippen molar-refractivity contribution in [3.8, 4) is 0 Å². The first kappa shape index (κ1) is 24.9. The third-order valence-electron chi connectivity index (χ3n) is 8.51. The van der Waals surface area contributed by atoms with Gasteiger partial charge in [-0.2, -0.15) is 0 Å². The smallest absolute Gasteiger partial charge is 0.251 e. The molecule has 0 radical (unpaired) electrons. The van der Waals surface area contributed by atoms with Crippen molar-refractivity contribution in [3.63, 3.8) is 0 Å². The van der Waals surface area contributed by atoms with Gasteiger partial charge in [-0.1, -0.05) is 12.0 Å². The summed E-state index contributed by atoms with van der Waals surface area (Å²) >= 11 is 0. The van der Waals surface area contributed by atoms with Crippen molar-refractivity contribution < 1.29 is 18.4 Å². The fourth-order valence-corrected chi connectivity index (χ4v) is 6.43. The van der Waals surface area contributed by atoms with Crippen LogP contribution in [0.2, 0.25) is 0 Å². The Kier molecular flexibility index (Phi) is 7.42. The first-order valence-corrected chi connectivity index (χ1v) is 13.4. The van der Waals surface area contributed by atoms with E-state index >= 15 is 0 Å². The summed E-state index contributed by atoms with van der Waals surface area (Å²) in [7, 11) is 0. The van der Waals surface area contributed by atoms with Crippen molar-refractivity contribution in [3.05, 3.63) is 41.4 Å². The number of likely N-dealkylation sites (tertiary alicyclic amines) is 1. The minimum Gasteiger partial charge on any atom is -0.359 e. The van der Waals surface area contributed by atoms with Gasteiger partial charge in [-0.05, 0) is 87.5 Å². The van der Waals surface area contributed by atoms with Crippen LogP contribution in [-0.2, 0) is 9.59 Å². The molecule has 3 fully saturated rings. The van der Waals surface area contributed by atoms with Gasteiger partial charge >= 0.3 is 0 Å². The number of aromatic amines is 1. The fourth-order valence-electron chi connectivity index (χ4n) is 6.43. The molecule has 2 atom stereocenters. The Hall–Kier alpha value is -2.74. The Bertz CT molecular complexity index is 1140. The number of alkyl halides is 1. The molecule has 3 aliphatic rings. The van der Waals surface area contributed by atoms with Crippen molar-refractivity contribution in [2.45, 2.75) is 76.3 Å². The maximum atomic E-state index is 14.1. The van der Waals surface area contributed by atoms with Crippen molar-refractivity contribution in [2.24, 2.45) is 17.6 Å². The average molecular weight is 499 g/mol. The van der Waals surface area contributed by atoms with Crippen LogP contribution in [0.1, 0.15) is 64.2 Å². The molecule has 1 aliphatic heterocycles. The Morgan fingerprint density at radius 1 is 1.11 bits per heavy atom. The second kappa shape index (κ2) is 10.7. The Morgan fingerprint density at radius 2 is 1.86 bits per heavy atom. The van der Waals surface area contributed by atoms with E-state index in [9.17, 15) is 18.4 Å². The molecule has 4 N–H and O–H groups in total. The van der Waals surface area contributed by atoms with Gasteiger partial charge in [0.1, 0.15) is 18.5 Å². The van der Waals surface area contributed by atoms with Gasteiger partial charge in [0, 0.05) is 41.3 Å². The molecular formula is C28H36F2N4O2. The Labute approximate surface area is 210 Å². The number of hydrogen-bond donors (Lipinski definition) is 3. The van der Waals surface area contributed by atoms with Gasteiger partial charge in [-0.25, -0.2) is 8.78 Å². The van der Waals surface area contributed by atoms with Crippen molar-refractivity contribution in [1.82, 2.24) is 9.88 Å². The van der Waals surface area contributed by atoms with Crippen LogP contribution in [0.25, 0.3) is 10.9 Å². The second-order valence-electron chi connectivity index (χ2n) is 10.7. The fraction of sp³-hybridized carbons (Fsp3) is 0.571. The molecule has 1 saturated heterocycles. The number of allylic oxidation sites excluding steroid dienone is 1. The van der Waals surface area contributed by atoms with Crippen LogP contribution in [0, 0.1) is 17.7 Å². The van der Waals surface area contributed by atoms with Crippen LogP contribution < -0.4 is 11.1 Å². The summed E-state index contributed by atoms with van der Waals surface area (Å²) in [5.41, 5.74) is 9.49. The lowest BCUT2D eigenvalue weighted by atomic mass is 9.78. The number of amides is 2. The second-order valence-corrected chi connectivity index (χ2v) is 10.7. The number of nitrogens with two attached hydrogens (primary N) is 1. The molecule has 1 aromatic carbocycles. The first-order chi connectivity index (χ1) is 17.5. The number of benzene rings is 1. The third kappa shape index (κ3) is 4.92. The van der Waals surface area contributed by atoms with Crippen LogP contribution in [-0.4, -0.2) is 47.0 Å². The highest BCUT2D eigenvalue weighted by atomic mass is 19.1. The lowest BCUT2D eigenvalue weighted by Gasteiger charge is -2.34. The number of carbonyl (C=O) groups is 2. The highest BCUT2D eigenvalue weighted by Crippen LogP contribution is 2.38. The topological polar surface area (TPSA) is 91.2 Å². The molecular weight excluding hydrogens is 462 g/mol. The lowest BCUT2D eigenvalue weighted by molar-refractivity contribution is -0.140. The van der Waals surface area contributed by atoms with Gasteiger partial charge in [0.15, 0.2) is 0 Å². The van der Waals surface area contributed by atoms with E-state index in [1.807, 2.05) is 0 Å². The van der Waals surface area contributed by atoms with Crippen molar-refractivity contribution >= 4 is 28.4 Å². The molecule has 2 heterocycles. The number of nitrogens with zero attached hydrogens (tertiary/aromatic N) is 1. The molecule has 0 bridgehead atoms. The standard InChI is InChI=1S/C28H36F2N4O2/c29-15-24(31)18-6-8-19(9-7-18)28(36)34-13-12-21(17-4-2-1-3-5-17)26(34)27(35)33-20-10-11-25-22(14-20)23(30)16-32-25/h10-11,14,16,18-19,24,26,32H,1-9,12-13,15,31H2,(H,33,35)/t18?,19?,24?,26-/m0/s1. The lowest BCUT2D eigenvalue weighted by Crippen LogP contribution is -2.47. The maximum absolute atomic E-state index is 14.1. The first-order valence-electron chi connectivity index (χ1n) is 13.4. The number of H-pyrrole nitrogens is 1. The number of nitrogens with one attached hydrogen (secondary N) is 2. The number of hydrogen-bond acceptors (Lipinski definition) is 3. The summed E-state index contributed by atoms with van der Waals surface area (Å²) in [4.78, 5) is 32.0. The van der Waals surface area contributed by atoms with Crippen molar-refractivity contribution in [1.29, 1.82) is 0 Å². The van der Waals surface area contributed by atoms with E-state index in [0.717, 1.165) is 44.1 Å². The van der Waals surface area contributed by atoms with Gasteiger partial charge < -0.3 is 20.9 Å². The molecule has 0 spiro atoms. The summed E-state index contributed by atoms with van der Waals surface area (Å²) in [6.45, 7) is -0.00181. The number of aromatic nitrogens is 1. The van der Waals surface area contributed by atoms with Crippen molar-refractivity contribution in [2.75, 3.05) is 18.5 Å². The molecule has 2 saturated carbocycles. The van der Waals surface area contributed by atoms with E-state index in [4.69, 9.17) is 5.73 Å². The molecule has 2 amide bonds. The van der Waals surface area contributed by atoms with Crippen LogP contribution >= 0.6 is 0 Å². The molecule has 194 valence electrons. The highest BCUT2D eigenvalue weighted by molar-refractivity contribution is 6.01. The molecule has 6 nitrogen and oxygen atoms in total. The van der Waals surface area contributed by atoms with E-state index in [2.05, 4.69) is 10.3 Å². The minimum atomic E-state index is -0.636. The van der Waals surface area contributed by atoms with Gasteiger partial charge in [0.25, 0.3) is 5.91 Å². The third-order valence-corrected chi connectivity index (χ3v) is 8.51. The molecule has 2 aliphatic carbocycles. The SMILES string of the molecule is NC(CF)C1CCC(C(=O)N2CCC(=C3CCCCC3)[C@H]2C(=O)Nc2ccc3[nH]cc(F)c3c2)CC1. The van der Waals surface area contributed by atoms with E-state index < -0.39 is 18.8 Å². The van der Waals surface area contributed by atoms with Crippen LogP contribution in [0.3, 0.4) is 0 Å². The number of rotatable bonds is 5. The van der Waals surface area contributed by atoms with E-state index in [0.29, 0.717) is 42.4 Å². The molecule has 1 aromatic heterocycles.